The second-order valence-electron chi connectivity index (χ2n) is 10.8. The first-order valence-corrected chi connectivity index (χ1v) is 16.5. The Balaban J connectivity index is 0.000000181. The molecule has 2 aliphatic rings. The van der Waals surface area contributed by atoms with E-state index in [1.807, 2.05) is 42.5 Å². The Labute approximate surface area is 278 Å². The molecular weight excluding hydrogens is 615 g/mol. The highest BCUT2D eigenvalue weighted by Crippen LogP contribution is 2.48. The van der Waals surface area contributed by atoms with Gasteiger partial charge in [0.1, 0.15) is 24.0 Å². The highest BCUT2D eigenvalue weighted by molar-refractivity contribution is 7.99. The number of benzene rings is 4. The molecule has 6 rings (SSSR count). The number of carbonyl (C=O) groups excluding carboxylic acids is 1. The molecular formula is C40H34F2O2S2. The van der Waals surface area contributed by atoms with Crippen LogP contribution in [0.2, 0.25) is 0 Å². The Hall–Kier alpha value is -4.39. The fourth-order valence-corrected chi connectivity index (χ4v) is 8.07. The largest absolute Gasteiger partial charge is 0.489 e. The predicted octanol–water partition coefficient (Wildman–Crippen LogP) is 11.5. The number of fused-ring (bicyclic) bond motifs is 4. The van der Waals surface area contributed by atoms with E-state index >= 15 is 0 Å². The zero-order valence-corrected chi connectivity index (χ0v) is 27.1. The number of allylic oxidation sites excluding steroid dienone is 4. The van der Waals surface area contributed by atoms with Gasteiger partial charge in [0.05, 0.1) is 5.41 Å². The summed E-state index contributed by atoms with van der Waals surface area (Å²) in [5.74, 6) is -0.0243. The van der Waals surface area contributed by atoms with Gasteiger partial charge in [-0.15, -0.1) is 19.7 Å². The average Bonchev–Trinajstić information content (AvgIpc) is 3.24. The van der Waals surface area contributed by atoms with Gasteiger partial charge in [-0.05, 0) is 78.9 Å². The summed E-state index contributed by atoms with van der Waals surface area (Å²) in [7, 11) is 0. The number of carbonyl (C=O) groups is 1. The van der Waals surface area contributed by atoms with Crippen LogP contribution >= 0.6 is 23.5 Å². The van der Waals surface area contributed by atoms with Crippen molar-refractivity contribution in [3.63, 3.8) is 0 Å². The molecule has 0 fully saturated rings. The second-order valence-corrected chi connectivity index (χ2v) is 12.9. The van der Waals surface area contributed by atoms with Crippen LogP contribution in [0.25, 0.3) is 11.3 Å². The van der Waals surface area contributed by atoms with E-state index in [2.05, 4.69) is 38.4 Å². The molecule has 4 aromatic carbocycles. The summed E-state index contributed by atoms with van der Waals surface area (Å²) in [6.07, 6.45) is 8.69. The van der Waals surface area contributed by atoms with E-state index in [-0.39, 0.29) is 11.6 Å². The maximum Gasteiger partial charge on any atom is 0.175 e. The van der Waals surface area contributed by atoms with E-state index in [9.17, 15) is 13.6 Å². The van der Waals surface area contributed by atoms with Gasteiger partial charge >= 0.3 is 0 Å². The lowest BCUT2D eigenvalue weighted by atomic mass is 9.70. The van der Waals surface area contributed by atoms with E-state index in [0.29, 0.717) is 37.2 Å². The molecule has 0 unspecified atom stereocenters. The molecule has 0 spiro atoms. The Morgan fingerprint density at radius 3 is 1.87 bits per heavy atom. The molecule has 2 nitrogen and oxygen atoms in total. The van der Waals surface area contributed by atoms with E-state index < -0.39 is 11.2 Å². The SMILES string of the molecule is C=CCC1(CC=C)C(=O)c2cc(F)ccc2Sc2ccccc21.C=CCOC1=C(CC=C)c2ccccc2Sc2ccc(F)cc21. The Kier molecular flexibility index (Phi) is 10.6. The summed E-state index contributed by atoms with van der Waals surface area (Å²) in [6, 6.07) is 25.3. The van der Waals surface area contributed by atoms with Crippen LogP contribution in [0.1, 0.15) is 46.3 Å². The molecule has 0 aromatic heterocycles. The maximum absolute atomic E-state index is 13.8. The topological polar surface area (TPSA) is 26.3 Å². The van der Waals surface area contributed by atoms with Crippen LogP contribution in [-0.2, 0) is 10.2 Å². The first-order chi connectivity index (χ1) is 22.4. The number of ketones is 1. The summed E-state index contributed by atoms with van der Waals surface area (Å²) in [6.45, 7) is 15.6. The first kappa shape index (κ1) is 33.0. The molecule has 0 saturated carbocycles. The van der Waals surface area contributed by atoms with Crippen LogP contribution in [0.5, 0.6) is 0 Å². The van der Waals surface area contributed by atoms with E-state index in [0.717, 1.165) is 41.8 Å². The van der Waals surface area contributed by atoms with Gasteiger partial charge < -0.3 is 4.74 Å². The van der Waals surface area contributed by atoms with Crippen molar-refractivity contribution >= 4 is 40.6 Å². The molecule has 0 N–H and O–H groups in total. The monoisotopic (exact) mass is 648 g/mol. The highest BCUT2D eigenvalue weighted by atomic mass is 32.2. The molecule has 0 saturated heterocycles. The molecule has 0 atom stereocenters. The third-order valence-corrected chi connectivity index (χ3v) is 10.1. The van der Waals surface area contributed by atoms with E-state index in [1.165, 1.54) is 36.0 Å². The smallest absolute Gasteiger partial charge is 0.175 e. The van der Waals surface area contributed by atoms with Crippen LogP contribution in [0, 0.1) is 11.6 Å². The maximum atomic E-state index is 13.8. The predicted molar refractivity (Wildman–Crippen MR) is 187 cm³/mol. The van der Waals surface area contributed by atoms with Gasteiger partial charge in [-0.1, -0.05) is 90.8 Å². The van der Waals surface area contributed by atoms with Crippen molar-refractivity contribution in [2.24, 2.45) is 0 Å². The first-order valence-electron chi connectivity index (χ1n) is 14.8. The van der Waals surface area contributed by atoms with Crippen molar-refractivity contribution in [3.8, 4) is 0 Å². The molecule has 0 bridgehead atoms. The standard InChI is InChI=1S/2C20H17FOS/c1-3-11-20(12-4-2)16-7-5-6-8-18(16)23-17-10-9-14(21)13-15(17)19(20)22;1-3-7-16-15-8-5-6-9-18(15)23-19-11-10-14(21)13-17(19)20(16)22-12-4-2/h3-10,13H,1-2,11-12H2;3-6,8-11,13H,1-2,7,12H2. The van der Waals surface area contributed by atoms with Crippen LogP contribution in [0.3, 0.4) is 0 Å². The van der Waals surface area contributed by atoms with Gasteiger partial charge in [0.15, 0.2) is 5.78 Å². The second kappa shape index (κ2) is 14.8. The Bertz CT molecular complexity index is 1850. The third kappa shape index (κ3) is 6.60. The average molecular weight is 649 g/mol. The Morgan fingerprint density at radius 1 is 0.652 bits per heavy atom. The number of halogens is 2. The van der Waals surface area contributed by atoms with Crippen molar-refractivity contribution in [2.45, 2.75) is 44.3 Å². The molecule has 2 aliphatic heterocycles. The lowest BCUT2D eigenvalue weighted by molar-refractivity contribution is 0.0880. The van der Waals surface area contributed by atoms with Crippen LogP contribution in [0.15, 0.2) is 155 Å². The molecule has 0 radical (unpaired) electrons. The van der Waals surface area contributed by atoms with Crippen molar-refractivity contribution in [3.05, 3.63) is 169 Å². The van der Waals surface area contributed by atoms with E-state index in [1.54, 1.807) is 42.1 Å². The van der Waals surface area contributed by atoms with Crippen molar-refractivity contribution in [1.29, 1.82) is 0 Å². The minimum Gasteiger partial charge on any atom is -0.489 e. The molecule has 2 heterocycles. The van der Waals surface area contributed by atoms with Crippen LogP contribution < -0.4 is 0 Å². The van der Waals surface area contributed by atoms with E-state index in [4.69, 9.17) is 4.74 Å². The van der Waals surface area contributed by atoms with Gasteiger partial charge in [0.2, 0.25) is 0 Å². The molecule has 4 aromatic rings. The lowest BCUT2D eigenvalue weighted by Crippen LogP contribution is -2.35. The molecule has 46 heavy (non-hydrogen) atoms. The van der Waals surface area contributed by atoms with Gasteiger partial charge in [-0.2, -0.15) is 0 Å². The summed E-state index contributed by atoms with van der Waals surface area (Å²) in [4.78, 5) is 17.3. The zero-order chi connectivity index (χ0) is 32.7. The summed E-state index contributed by atoms with van der Waals surface area (Å²) in [5.41, 5.74) is 3.54. The number of ether oxygens (including phenoxy) is 1. The number of hydrogen-bond donors (Lipinski definition) is 0. The summed E-state index contributed by atoms with van der Waals surface area (Å²) < 4.78 is 33.5. The number of rotatable bonds is 9. The quantitative estimate of drug-likeness (QED) is 0.169. The fourth-order valence-electron chi connectivity index (χ4n) is 5.83. The molecule has 6 heteroatoms. The van der Waals surface area contributed by atoms with Gasteiger partial charge in [-0.25, -0.2) is 8.78 Å². The normalized spacial score (nSPS) is 14.1. The van der Waals surface area contributed by atoms with Crippen molar-refractivity contribution < 1.29 is 18.3 Å². The van der Waals surface area contributed by atoms with Gasteiger partial charge in [0, 0.05) is 36.3 Å². The lowest BCUT2D eigenvalue weighted by Gasteiger charge is -2.31. The van der Waals surface area contributed by atoms with Gasteiger partial charge in [-0.3, -0.25) is 4.79 Å². The Morgan fingerprint density at radius 2 is 1.22 bits per heavy atom. The van der Waals surface area contributed by atoms with Crippen molar-refractivity contribution in [1.82, 2.24) is 0 Å². The van der Waals surface area contributed by atoms with Crippen molar-refractivity contribution in [2.75, 3.05) is 6.61 Å². The highest BCUT2D eigenvalue weighted by Gasteiger charge is 2.43. The molecule has 232 valence electrons. The third-order valence-electron chi connectivity index (χ3n) is 7.82. The fraction of sp³-hybridized carbons (Fsp3) is 0.125. The minimum atomic E-state index is -0.772. The zero-order valence-electron chi connectivity index (χ0n) is 25.4. The van der Waals surface area contributed by atoms with Crippen LogP contribution in [0.4, 0.5) is 8.78 Å². The van der Waals surface area contributed by atoms with Crippen LogP contribution in [-0.4, -0.2) is 12.4 Å². The molecule has 0 aliphatic carbocycles. The summed E-state index contributed by atoms with van der Waals surface area (Å²) in [5, 5.41) is 0. The number of hydrogen-bond acceptors (Lipinski definition) is 4. The summed E-state index contributed by atoms with van der Waals surface area (Å²) >= 11 is 3.14. The minimum absolute atomic E-state index is 0.0655. The number of Topliss-reactive ketones (excluding diaryl/α,β-unsaturated/α-hetero) is 1. The molecule has 0 amide bonds. The van der Waals surface area contributed by atoms with Gasteiger partial charge in [0.25, 0.3) is 0 Å².